The zero-order valence-electron chi connectivity index (χ0n) is 23.8. The number of benzene rings is 2. The zero-order valence-corrected chi connectivity index (χ0v) is 23.8. The number of hydrogen-bond donors (Lipinski definition) is 2. The van der Waals surface area contributed by atoms with Crippen molar-refractivity contribution in [1.29, 1.82) is 0 Å². The molecule has 216 valence electrons. The summed E-state index contributed by atoms with van der Waals surface area (Å²) in [5, 5.41) is 6.22. The van der Waals surface area contributed by atoms with Crippen molar-refractivity contribution in [3.8, 4) is 5.75 Å². The molecule has 2 saturated heterocycles. The van der Waals surface area contributed by atoms with Crippen LogP contribution in [0.15, 0.2) is 60.7 Å². The largest absolute Gasteiger partial charge is 0.494 e. The number of anilines is 1. The van der Waals surface area contributed by atoms with Gasteiger partial charge in [-0.05, 0) is 62.9 Å². The summed E-state index contributed by atoms with van der Waals surface area (Å²) in [5.74, 6) is -1.43. The molecule has 6 rings (SSSR count). The van der Waals surface area contributed by atoms with Gasteiger partial charge >= 0.3 is 0 Å². The average Bonchev–Trinajstić information content (AvgIpc) is 3.62. The van der Waals surface area contributed by atoms with E-state index in [-0.39, 0.29) is 23.8 Å². The molecule has 2 bridgehead atoms. The molecule has 2 N–H and O–H groups in total. The molecule has 2 aromatic rings. The van der Waals surface area contributed by atoms with Crippen molar-refractivity contribution in [2.45, 2.75) is 76.2 Å². The number of rotatable bonds is 9. The van der Waals surface area contributed by atoms with Crippen LogP contribution in [0.5, 0.6) is 5.75 Å². The molecule has 3 aliphatic heterocycles. The average molecular weight is 558 g/mol. The van der Waals surface area contributed by atoms with Crippen LogP contribution in [0.2, 0.25) is 0 Å². The molecule has 2 aromatic carbocycles. The zero-order chi connectivity index (χ0) is 28.6. The topological polar surface area (TPSA) is 97.0 Å². The summed E-state index contributed by atoms with van der Waals surface area (Å²) < 4.78 is 12.0. The molecule has 1 aliphatic carbocycles. The number of aryl methyl sites for hydroxylation is 1. The Kier molecular flexibility index (Phi) is 7.60. The summed E-state index contributed by atoms with van der Waals surface area (Å²) in [6, 6.07) is 14.7. The van der Waals surface area contributed by atoms with Crippen molar-refractivity contribution in [3.05, 3.63) is 71.8 Å². The van der Waals surface area contributed by atoms with E-state index in [1.807, 2.05) is 26.0 Å². The summed E-state index contributed by atoms with van der Waals surface area (Å²) in [6.07, 6.45) is 9.03. The predicted molar refractivity (Wildman–Crippen MR) is 155 cm³/mol. The lowest BCUT2D eigenvalue weighted by molar-refractivity contribution is -0.141. The first-order valence-corrected chi connectivity index (χ1v) is 15.0. The maximum absolute atomic E-state index is 14.2. The summed E-state index contributed by atoms with van der Waals surface area (Å²) in [4.78, 5) is 43.5. The lowest BCUT2D eigenvalue weighted by Crippen LogP contribution is -2.56. The molecule has 1 spiro atoms. The highest BCUT2D eigenvalue weighted by Gasteiger charge is 2.72. The van der Waals surface area contributed by atoms with Crippen LogP contribution >= 0.6 is 0 Å². The van der Waals surface area contributed by atoms with E-state index in [9.17, 15) is 14.4 Å². The van der Waals surface area contributed by atoms with Gasteiger partial charge in [-0.15, -0.1) is 0 Å². The molecule has 3 heterocycles. The molecule has 0 unspecified atom stereocenters. The molecule has 8 heteroatoms. The third-order valence-electron chi connectivity index (χ3n) is 9.07. The molecule has 3 fully saturated rings. The van der Waals surface area contributed by atoms with E-state index in [0.29, 0.717) is 25.3 Å². The Morgan fingerprint density at radius 3 is 2.46 bits per heavy atom. The molecule has 4 aliphatic rings. The van der Waals surface area contributed by atoms with Crippen molar-refractivity contribution < 1.29 is 23.9 Å². The second-order valence-corrected chi connectivity index (χ2v) is 11.8. The van der Waals surface area contributed by atoms with Crippen LogP contribution in [0.25, 0.3) is 0 Å². The first-order chi connectivity index (χ1) is 19.9. The van der Waals surface area contributed by atoms with E-state index in [4.69, 9.17) is 9.47 Å². The van der Waals surface area contributed by atoms with E-state index < -0.39 is 29.6 Å². The number of likely N-dealkylation sites (tertiary alicyclic amines) is 1. The first-order valence-electron chi connectivity index (χ1n) is 15.0. The number of hydrogen-bond acceptors (Lipinski definition) is 5. The highest BCUT2D eigenvalue weighted by atomic mass is 16.5. The van der Waals surface area contributed by atoms with Gasteiger partial charge in [0.2, 0.25) is 17.7 Å². The van der Waals surface area contributed by atoms with E-state index >= 15 is 0 Å². The van der Waals surface area contributed by atoms with Crippen LogP contribution in [0.4, 0.5) is 5.69 Å². The number of carbonyl (C=O) groups excluding carboxylic acids is 3. The Balaban J connectivity index is 1.26. The predicted octanol–water partition coefficient (Wildman–Crippen LogP) is 4.17. The smallest absolute Gasteiger partial charge is 0.246 e. The second-order valence-electron chi connectivity index (χ2n) is 11.8. The quantitative estimate of drug-likeness (QED) is 0.451. The van der Waals surface area contributed by atoms with E-state index in [2.05, 4.69) is 34.9 Å². The fraction of sp³-hybridized carbons (Fsp3) is 0.485. The van der Waals surface area contributed by atoms with Crippen LogP contribution in [-0.4, -0.2) is 59.6 Å². The summed E-state index contributed by atoms with van der Waals surface area (Å²) >= 11 is 0. The molecule has 1 saturated carbocycles. The van der Waals surface area contributed by atoms with Crippen LogP contribution in [-0.2, 0) is 25.5 Å². The monoisotopic (exact) mass is 557 g/mol. The fourth-order valence-corrected chi connectivity index (χ4v) is 7.07. The number of ether oxygens (including phenoxy) is 2. The Hall–Kier alpha value is -3.65. The highest BCUT2D eigenvalue weighted by Crippen LogP contribution is 2.55. The van der Waals surface area contributed by atoms with Gasteiger partial charge in [-0.2, -0.15) is 0 Å². The Morgan fingerprint density at radius 1 is 1.02 bits per heavy atom. The van der Waals surface area contributed by atoms with E-state index in [1.165, 1.54) is 12.0 Å². The third-order valence-corrected chi connectivity index (χ3v) is 9.07. The van der Waals surface area contributed by atoms with Crippen molar-refractivity contribution in [2.24, 2.45) is 11.8 Å². The molecular weight excluding hydrogens is 518 g/mol. The van der Waals surface area contributed by atoms with Crippen molar-refractivity contribution in [2.75, 3.05) is 18.5 Å². The summed E-state index contributed by atoms with van der Waals surface area (Å²) in [6.45, 7) is 4.89. The minimum absolute atomic E-state index is 0.0992. The van der Waals surface area contributed by atoms with Gasteiger partial charge < -0.3 is 25.0 Å². The first kappa shape index (κ1) is 27.5. The number of nitrogens with zero attached hydrogens (tertiary/aromatic N) is 1. The third kappa shape index (κ3) is 5.14. The minimum atomic E-state index is -1.16. The molecule has 41 heavy (non-hydrogen) atoms. The maximum atomic E-state index is 14.2. The van der Waals surface area contributed by atoms with Gasteiger partial charge in [0.1, 0.15) is 17.4 Å². The van der Waals surface area contributed by atoms with E-state index in [1.54, 1.807) is 29.2 Å². The van der Waals surface area contributed by atoms with Gasteiger partial charge in [0.15, 0.2) is 0 Å². The summed E-state index contributed by atoms with van der Waals surface area (Å²) in [7, 11) is 0. The van der Waals surface area contributed by atoms with Crippen molar-refractivity contribution in [3.63, 3.8) is 0 Å². The fourth-order valence-electron chi connectivity index (χ4n) is 7.07. The number of nitrogens with one attached hydrogen (secondary N) is 2. The number of amides is 3. The van der Waals surface area contributed by atoms with Crippen LogP contribution in [0.1, 0.15) is 50.2 Å². The Bertz CT molecular complexity index is 1320. The molecule has 8 nitrogen and oxygen atoms in total. The molecule has 0 aromatic heterocycles. The second kappa shape index (κ2) is 11.3. The molecule has 3 amide bonds. The number of fused-ring (bicyclic) bond motifs is 1. The van der Waals surface area contributed by atoms with Gasteiger partial charge in [0, 0.05) is 18.3 Å². The van der Waals surface area contributed by atoms with Gasteiger partial charge in [-0.25, -0.2) is 0 Å². The normalized spacial score (nSPS) is 28.5. The molecule has 0 radical (unpaired) electrons. The minimum Gasteiger partial charge on any atom is -0.494 e. The molecular formula is C33H39N3O5. The number of carbonyl (C=O) groups is 3. The SMILES string of the molecule is CCOc1ccc(NC(=O)[C@H]2[C@H]3C=C[C@@]4(O3)[C@H]2C(=O)N(CCc2ccc(C)cc2)[C@@H]4C(=O)NC2CCCCC2)cc1. The van der Waals surface area contributed by atoms with Crippen molar-refractivity contribution in [1.82, 2.24) is 10.2 Å². The lowest BCUT2D eigenvalue weighted by atomic mass is 9.74. The van der Waals surface area contributed by atoms with Crippen molar-refractivity contribution >= 4 is 23.4 Å². The summed E-state index contributed by atoms with van der Waals surface area (Å²) in [5.41, 5.74) is 1.72. The standard InChI is InChI=1S/C33H39N3O5/c1-3-40-25-15-13-24(14-16-25)34-30(37)27-26-17-19-33(41-26)28(27)32(39)36(20-18-22-11-9-21(2)10-12-22)29(33)31(38)35-23-7-5-4-6-8-23/h9-17,19,23,26-29H,3-8,18,20H2,1-2H3,(H,34,37)(H,35,38)/t26-,27+,28-,29-,33-/m1/s1. The Morgan fingerprint density at radius 2 is 1.76 bits per heavy atom. The van der Waals surface area contributed by atoms with Gasteiger partial charge in [0.25, 0.3) is 0 Å². The van der Waals surface area contributed by atoms with Gasteiger partial charge in [-0.1, -0.05) is 61.2 Å². The van der Waals surface area contributed by atoms with Crippen LogP contribution in [0, 0.1) is 18.8 Å². The van der Waals surface area contributed by atoms with E-state index in [0.717, 1.165) is 37.0 Å². The van der Waals surface area contributed by atoms with Crippen LogP contribution in [0.3, 0.4) is 0 Å². The van der Waals surface area contributed by atoms with Gasteiger partial charge in [-0.3, -0.25) is 14.4 Å². The Labute approximate surface area is 241 Å². The van der Waals surface area contributed by atoms with Gasteiger partial charge in [0.05, 0.1) is 24.5 Å². The highest BCUT2D eigenvalue weighted by molar-refractivity contribution is 6.02. The maximum Gasteiger partial charge on any atom is 0.246 e. The lowest BCUT2D eigenvalue weighted by Gasteiger charge is -2.34. The molecule has 5 atom stereocenters. The van der Waals surface area contributed by atoms with Crippen LogP contribution < -0.4 is 15.4 Å².